The van der Waals surface area contributed by atoms with E-state index >= 15 is 0 Å². The highest BCUT2D eigenvalue weighted by Gasteiger charge is 2.37. The van der Waals surface area contributed by atoms with Crippen LogP contribution in [0.15, 0.2) is 41.1 Å². The summed E-state index contributed by atoms with van der Waals surface area (Å²) in [6.45, 7) is 7.63. The van der Waals surface area contributed by atoms with Crippen LogP contribution in [0.3, 0.4) is 0 Å². The molecule has 6 nitrogen and oxygen atoms in total. The van der Waals surface area contributed by atoms with Gasteiger partial charge in [-0.15, -0.1) is 16.4 Å². The van der Waals surface area contributed by atoms with Crippen molar-refractivity contribution in [3.05, 3.63) is 62.2 Å². The molecule has 1 aromatic carbocycles. The Hall–Kier alpha value is -2.29. The van der Waals surface area contributed by atoms with Crippen molar-refractivity contribution in [2.75, 3.05) is 4.90 Å². The molecule has 0 bridgehead atoms. The minimum atomic E-state index is -0.873. The van der Waals surface area contributed by atoms with Crippen molar-refractivity contribution in [3.8, 4) is 0 Å². The molecule has 0 spiro atoms. The zero-order valence-corrected chi connectivity index (χ0v) is 18.9. The van der Waals surface area contributed by atoms with E-state index in [-0.39, 0.29) is 11.6 Å². The molecule has 29 heavy (non-hydrogen) atoms. The molecule has 2 amide bonds. The Labute approximate surface area is 182 Å². The Kier molecular flexibility index (Phi) is 6.36. The second-order valence-corrected chi connectivity index (χ2v) is 9.55. The van der Waals surface area contributed by atoms with E-state index in [0.717, 1.165) is 22.0 Å². The van der Waals surface area contributed by atoms with Gasteiger partial charge in [0, 0.05) is 26.5 Å². The van der Waals surface area contributed by atoms with Gasteiger partial charge in [0.05, 0.1) is 0 Å². The number of carbonyl (C=O) groups excluding carboxylic acids is 2. The molecule has 9 heteroatoms. The molecule has 0 fully saturated rings. The van der Waals surface area contributed by atoms with Crippen molar-refractivity contribution < 1.29 is 9.59 Å². The monoisotopic (exact) mass is 448 g/mol. The number of amides is 2. The van der Waals surface area contributed by atoms with Crippen LogP contribution in [-0.4, -0.2) is 26.9 Å². The normalized spacial score (nSPS) is 12.4. The molecule has 1 atom stereocenters. The molecule has 2 heterocycles. The second-order valence-electron chi connectivity index (χ2n) is 7.55. The van der Waals surface area contributed by atoms with Gasteiger partial charge in [-0.3, -0.25) is 14.5 Å². The van der Waals surface area contributed by atoms with Crippen molar-refractivity contribution in [2.24, 2.45) is 0 Å². The van der Waals surface area contributed by atoms with Gasteiger partial charge in [0.25, 0.3) is 5.91 Å². The Morgan fingerprint density at radius 3 is 2.55 bits per heavy atom. The molecule has 152 valence electrons. The number of benzene rings is 1. The third kappa shape index (κ3) is 5.01. The fraction of sp³-hybridized carbons (Fsp3) is 0.300. The fourth-order valence-electron chi connectivity index (χ4n) is 2.85. The van der Waals surface area contributed by atoms with E-state index in [0.29, 0.717) is 10.7 Å². The fourth-order valence-corrected chi connectivity index (χ4v) is 4.48. The lowest BCUT2D eigenvalue weighted by molar-refractivity contribution is -0.123. The van der Waals surface area contributed by atoms with Crippen molar-refractivity contribution in [1.29, 1.82) is 0 Å². The SMILES string of the molecule is Cc1ccsc1[C@H](C(=O)NC(C)(C)C)N(C(=O)c1csnn1)c1cccc(Cl)c1. The van der Waals surface area contributed by atoms with Gasteiger partial charge in [-0.05, 0) is 74.4 Å². The first kappa shape index (κ1) is 21.4. The molecular weight excluding hydrogens is 428 g/mol. The van der Waals surface area contributed by atoms with Crippen LogP contribution in [-0.2, 0) is 4.79 Å². The molecule has 3 rings (SSSR count). The summed E-state index contributed by atoms with van der Waals surface area (Å²) in [5, 5.41) is 10.9. The van der Waals surface area contributed by atoms with Crippen LogP contribution >= 0.6 is 34.5 Å². The predicted octanol–water partition coefficient (Wildman–Crippen LogP) is 4.86. The minimum absolute atomic E-state index is 0.178. The standard InChI is InChI=1S/C20H21ClN4O2S2/c1-12-8-9-28-17(12)16(18(26)22-20(2,3)4)25(14-7-5-6-13(21)10-14)19(27)15-11-29-24-23-15/h5-11,16H,1-4H3,(H,22,26)/t16-/m1/s1. The molecule has 0 saturated heterocycles. The largest absolute Gasteiger partial charge is 0.349 e. The first-order valence-corrected chi connectivity index (χ1v) is 11.0. The number of halogens is 1. The second kappa shape index (κ2) is 8.61. The van der Waals surface area contributed by atoms with Crippen LogP contribution in [0.1, 0.15) is 47.7 Å². The highest BCUT2D eigenvalue weighted by molar-refractivity contribution is 7.10. The molecule has 0 aliphatic carbocycles. The van der Waals surface area contributed by atoms with Gasteiger partial charge in [0.15, 0.2) is 11.7 Å². The summed E-state index contributed by atoms with van der Waals surface area (Å²) in [5.74, 6) is -0.692. The number of aryl methyl sites for hydroxylation is 1. The molecule has 0 unspecified atom stereocenters. The number of nitrogens with zero attached hydrogens (tertiary/aromatic N) is 3. The molecule has 0 aliphatic heterocycles. The summed E-state index contributed by atoms with van der Waals surface area (Å²) >= 11 is 8.72. The molecule has 1 N–H and O–H groups in total. The van der Waals surface area contributed by atoms with Gasteiger partial charge >= 0.3 is 0 Å². The van der Waals surface area contributed by atoms with Crippen LogP contribution in [0.25, 0.3) is 0 Å². The van der Waals surface area contributed by atoms with E-state index in [9.17, 15) is 9.59 Å². The maximum absolute atomic E-state index is 13.4. The summed E-state index contributed by atoms with van der Waals surface area (Å²) in [4.78, 5) is 29.1. The lowest BCUT2D eigenvalue weighted by Crippen LogP contribution is -2.49. The first-order valence-electron chi connectivity index (χ1n) is 8.89. The molecule has 3 aromatic rings. The molecular formula is C20H21ClN4O2S2. The zero-order valence-electron chi connectivity index (χ0n) is 16.5. The van der Waals surface area contributed by atoms with Gasteiger partial charge in [0.2, 0.25) is 5.91 Å². The lowest BCUT2D eigenvalue weighted by Gasteiger charge is -2.33. The topological polar surface area (TPSA) is 75.2 Å². The van der Waals surface area contributed by atoms with E-state index in [1.807, 2.05) is 39.1 Å². The lowest BCUT2D eigenvalue weighted by atomic mass is 10.0. The quantitative estimate of drug-likeness (QED) is 0.604. The summed E-state index contributed by atoms with van der Waals surface area (Å²) in [5.41, 5.74) is 1.15. The number of rotatable bonds is 5. The maximum atomic E-state index is 13.4. The number of hydrogen-bond acceptors (Lipinski definition) is 6. The van der Waals surface area contributed by atoms with E-state index in [4.69, 9.17) is 11.6 Å². The van der Waals surface area contributed by atoms with Gasteiger partial charge in [-0.1, -0.05) is 22.2 Å². The van der Waals surface area contributed by atoms with Gasteiger partial charge < -0.3 is 5.32 Å². The van der Waals surface area contributed by atoms with Crippen molar-refractivity contribution in [2.45, 2.75) is 39.3 Å². The van der Waals surface area contributed by atoms with Gasteiger partial charge in [-0.2, -0.15) is 0 Å². The molecule has 2 aromatic heterocycles. The predicted molar refractivity (Wildman–Crippen MR) is 118 cm³/mol. The van der Waals surface area contributed by atoms with Gasteiger partial charge in [-0.25, -0.2) is 0 Å². The van der Waals surface area contributed by atoms with Crippen molar-refractivity contribution in [1.82, 2.24) is 14.9 Å². The van der Waals surface area contributed by atoms with Gasteiger partial charge in [0.1, 0.15) is 0 Å². The Morgan fingerprint density at radius 2 is 2.00 bits per heavy atom. The Morgan fingerprint density at radius 1 is 1.24 bits per heavy atom. The summed E-state index contributed by atoms with van der Waals surface area (Å²) < 4.78 is 3.80. The molecule has 0 saturated carbocycles. The third-order valence-electron chi connectivity index (χ3n) is 4.04. The number of aromatic nitrogens is 2. The molecule has 0 aliphatic rings. The van der Waals surface area contributed by atoms with Crippen LogP contribution in [0.5, 0.6) is 0 Å². The van der Waals surface area contributed by atoms with E-state index < -0.39 is 17.5 Å². The summed E-state index contributed by atoms with van der Waals surface area (Å²) in [6, 6.07) is 7.95. The minimum Gasteiger partial charge on any atom is -0.349 e. The van der Waals surface area contributed by atoms with E-state index in [2.05, 4.69) is 14.9 Å². The average molecular weight is 449 g/mol. The molecule has 0 radical (unpaired) electrons. The van der Waals surface area contributed by atoms with Crippen LogP contribution in [0.4, 0.5) is 5.69 Å². The van der Waals surface area contributed by atoms with E-state index in [1.54, 1.807) is 29.6 Å². The first-order chi connectivity index (χ1) is 13.7. The van der Waals surface area contributed by atoms with Crippen molar-refractivity contribution >= 4 is 52.0 Å². The smallest absolute Gasteiger partial charge is 0.280 e. The highest BCUT2D eigenvalue weighted by Crippen LogP contribution is 2.35. The van der Waals surface area contributed by atoms with Crippen LogP contribution in [0, 0.1) is 6.92 Å². The summed E-state index contributed by atoms with van der Waals surface area (Å²) in [6.07, 6.45) is 0. The Balaban J connectivity index is 2.18. The van der Waals surface area contributed by atoms with Crippen LogP contribution in [0.2, 0.25) is 5.02 Å². The summed E-state index contributed by atoms with van der Waals surface area (Å²) in [7, 11) is 0. The maximum Gasteiger partial charge on any atom is 0.280 e. The zero-order chi connectivity index (χ0) is 21.2. The number of thiophene rings is 1. The van der Waals surface area contributed by atoms with E-state index in [1.165, 1.54) is 16.2 Å². The third-order valence-corrected chi connectivity index (χ3v) is 5.85. The van der Waals surface area contributed by atoms with Crippen LogP contribution < -0.4 is 10.2 Å². The number of nitrogens with one attached hydrogen (secondary N) is 1. The number of anilines is 1. The van der Waals surface area contributed by atoms with Crippen molar-refractivity contribution in [3.63, 3.8) is 0 Å². The number of carbonyl (C=O) groups is 2. The average Bonchev–Trinajstić information content (AvgIpc) is 3.29. The Bertz CT molecular complexity index is 1010. The number of hydrogen-bond donors (Lipinski definition) is 1. The highest BCUT2D eigenvalue weighted by atomic mass is 35.5.